The number of carbonyl (C=O) groups excluding carboxylic acids is 2. The van der Waals surface area contributed by atoms with Crippen LogP contribution in [0.5, 0.6) is 0 Å². The molecule has 0 unspecified atom stereocenters. The van der Waals surface area contributed by atoms with Crippen LogP contribution >= 0.6 is 23.2 Å². The highest BCUT2D eigenvalue weighted by Gasteiger charge is 2.12. The fourth-order valence-corrected chi connectivity index (χ4v) is 2.01. The van der Waals surface area contributed by atoms with E-state index in [-0.39, 0.29) is 10.6 Å². The Morgan fingerprint density at radius 3 is 2.15 bits per heavy atom. The molecule has 2 aromatic carbocycles. The zero-order chi connectivity index (χ0) is 14.5. The molecule has 0 spiro atoms. The average molecular weight is 309 g/mol. The summed E-state index contributed by atoms with van der Waals surface area (Å²) in [5, 5.41) is 0.642. The van der Waals surface area contributed by atoms with Gasteiger partial charge in [-0.25, -0.2) is 0 Å². The highest BCUT2D eigenvalue weighted by molar-refractivity contribution is 6.36. The summed E-state index contributed by atoms with van der Waals surface area (Å²) in [5.74, 6) is -0.931. The van der Waals surface area contributed by atoms with Gasteiger partial charge in [-0.15, -0.1) is 0 Å². The van der Waals surface area contributed by atoms with Crippen molar-refractivity contribution in [3.8, 4) is 0 Å². The van der Waals surface area contributed by atoms with Gasteiger partial charge >= 0.3 is 0 Å². The number of hydrogen-bond donors (Lipinski definition) is 2. The van der Waals surface area contributed by atoms with Crippen molar-refractivity contribution in [2.24, 2.45) is 0 Å². The van der Waals surface area contributed by atoms with Crippen molar-refractivity contribution < 1.29 is 9.59 Å². The first-order valence-corrected chi connectivity index (χ1v) is 6.44. The Balaban J connectivity index is 2.00. The van der Waals surface area contributed by atoms with Crippen LogP contribution in [0.1, 0.15) is 20.7 Å². The van der Waals surface area contributed by atoms with Gasteiger partial charge in [0.2, 0.25) is 0 Å². The lowest BCUT2D eigenvalue weighted by molar-refractivity contribution is 0.0847. The van der Waals surface area contributed by atoms with Crippen LogP contribution in [0.2, 0.25) is 10.0 Å². The number of rotatable bonds is 2. The van der Waals surface area contributed by atoms with E-state index in [9.17, 15) is 9.59 Å². The van der Waals surface area contributed by atoms with Gasteiger partial charge in [-0.3, -0.25) is 20.4 Å². The summed E-state index contributed by atoms with van der Waals surface area (Å²) in [6.45, 7) is 0. The molecule has 0 aromatic heterocycles. The summed E-state index contributed by atoms with van der Waals surface area (Å²) in [5.41, 5.74) is 5.27. The van der Waals surface area contributed by atoms with Crippen molar-refractivity contribution in [2.45, 2.75) is 0 Å². The summed E-state index contributed by atoms with van der Waals surface area (Å²) in [7, 11) is 0. The largest absolute Gasteiger partial charge is 0.271 e. The third-order valence-electron chi connectivity index (χ3n) is 2.50. The molecular formula is C14H10Cl2N2O2. The van der Waals surface area contributed by atoms with Gasteiger partial charge in [0, 0.05) is 10.6 Å². The minimum atomic E-state index is -0.518. The van der Waals surface area contributed by atoms with Crippen LogP contribution < -0.4 is 10.9 Å². The SMILES string of the molecule is O=C(NNC(=O)c1ccc(Cl)cc1Cl)c1ccccc1. The molecule has 2 amide bonds. The van der Waals surface area contributed by atoms with Gasteiger partial charge < -0.3 is 0 Å². The maximum atomic E-state index is 11.9. The second-order valence-corrected chi connectivity index (χ2v) is 4.74. The average Bonchev–Trinajstić information content (AvgIpc) is 2.45. The number of amides is 2. The fourth-order valence-electron chi connectivity index (χ4n) is 1.52. The fraction of sp³-hybridized carbons (Fsp3) is 0. The van der Waals surface area contributed by atoms with Crippen LogP contribution in [0.25, 0.3) is 0 Å². The Morgan fingerprint density at radius 1 is 0.850 bits per heavy atom. The number of benzene rings is 2. The maximum absolute atomic E-state index is 11.9. The quantitative estimate of drug-likeness (QED) is 0.838. The van der Waals surface area contributed by atoms with Crippen molar-refractivity contribution in [1.29, 1.82) is 0 Å². The first-order chi connectivity index (χ1) is 9.58. The first-order valence-electron chi connectivity index (χ1n) is 5.68. The normalized spacial score (nSPS) is 9.90. The standard InChI is InChI=1S/C14H10Cl2N2O2/c15-10-6-7-11(12(16)8-10)14(20)18-17-13(19)9-4-2-1-3-5-9/h1-8H,(H,17,19)(H,18,20). The second-order valence-electron chi connectivity index (χ2n) is 3.90. The van der Waals surface area contributed by atoms with E-state index < -0.39 is 11.8 Å². The van der Waals surface area contributed by atoms with Crippen LogP contribution in [0, 0.1) is 0 Å². The van der Waals surface area contributed by atoms with Gasteiger partial charge in [-0.1, -0.05) is 41.4 Å². The van der Waals surface area contributed by atoms with Crippen LogP contribution in [-0.2, 0) is 0 Å². The summed E-state index contributed by atoms with van der Waals surface area (Å²) in [6, 6.07) is 13.0. The lowest BCUT2D eigenvalue weighted by Crippen LogP contribution is -2.41. The molecule has 0 saturated heterocycles. The Morgan fingerprint density at radius 2 is 1.50 bits per heavy atom. The minimum Gasteiger partial charge on any atom is -0.267 e. The van der Waals surface area contributed by atoms with E-state index in [1.807, 2.05) is 0 Å². The Bertz CT molecular complexity index is 645. The summed E-state index contributed by atoms with van der Waals surface area (Å²) in [6.07, 6.45) is 0. The molecule has 0 aliphatic heterocycles. The van der Waals surface area contributed by atoms with Gasteiger partial charge in [0.1, 0.15) is 0 Å². The molecule has 2 N–H and O–H groups in total. The molecular weight excluding hydrogens is 299 g/mol. The molecule has 0 bridgehead atoms. The highest BCUT2D eigenvalue weighted by atomic mass is 35.5. The molecule has 2 aromatic rings. The molecule has 102 valence electrons. The smallest absolute Gasteiger partial charge is 0.267 e. The summed E-state index contributed by atoms with van der Waals surface area (Å²) >= 11 is 11.6. The molecule has 0 heterocycles. The number of carbonyl (C=O) groups is 2. The van der Waals surface area contributed by atoms with E-state index in [0.717, 1.165) is 0 Å². The summed E-state index contributed by atoms with van der Waals surface area (Å²) < 4.78 is 0. The highest BCUT2D eigenvalue weighted by Crippen LogP contribution is 2.20. The monoisotopic (exact) mass is 308 g/mol. The molecule has 2 rings (SSSR count). The minimum absolute atomic E-state index is 0.212. The van der Waals surface area contributed by atoms with E-state index in [1.165, 1.54) is 12.1 Å². The molecule has 0 radical (unpaired) electrons. The lowest BCUT2D eigenvalue weighted by atomic mass is 10.2. The van der Waals surface area contributed by atoms with Crippen LogP contribution in [0.15, 0.2) is 48.5 Å². The predicted octanol–water partition coefficient (Wildman–Crippen LogP) is 3.07. The molecule has 0 aliphatic rings. The topological polar surface area (TPSA) is 58.2 Å². The predicted molar refractivity (Wildman–Crippen MR) is 77.8 cm³/mol. The van der Waals surface area contributed by atoms with Crippen molar-refractivity contribution in [1.82, 2.24) is 10.9 Å². The number of nitrogens with one attached hydrogen (secondary N) is 2. The number of hydrazine groups is 1. The molecule has 0 saturated carbocycles. The third-order valence-corrected chi connectivity index (χ3v) is 3.05. The van der Waals surface area contributed by atoms with E-state index in [2.05, 4.69) is 10.9 Å². The van der Waals surface area contributed by atoms with Crippen molar-refractivity contribution in [2.75, 3.05) is 0 Å². The third kappa shape index (κ3) is 3.50. The Labute approximate surface area is 125 Å². The molecule has 0 fully saturated rings. The zero-order valence-corrected chi connectivity index (χ0v) is 11.7. The van der Waals surface area contributed by atoms with E-state index >= 15 is 0 Å². The van der Waals surface area contributed by atoms with E-state index in [0.29, 0.717) is 10.6 Å². The van der Waals surface area contributed by atoms with Gasteiger partial charge in [-0.2, -0.15) is 0 Å². The maximum Gasteiger partial charge on any atom is 0.271 e. The zero-order valence-electron chi connectivity index (χ0n) is 10.2. The number of halogens is 2. The second kappa shape index (κ2) is 6.41. The number of hydrogen-bond acceptors (Lipinski definition) is 2. The van der Waals surface area contributed by atoms with Crippen molar-refractivity contribution in [3.05, 3.63) is 69.7 Å². The van der Waals surface area contributed by atoms with Crippen LogP contribution in [0.4, 0.5) is 0 Å². The van der Waals surface area contributed by atoms with Crippen molar-refractivity contribution in [3.63, 3.8) is 0 Å². The van der Waals surface area contributed by atoms with Crippen molar-refractivity contribution >= 4 is 35.0 Å². The van der Waals surface area contributed by atoms with Crippen LogP contribution in [-0.4, -0.2) is 11.8 Å². The van der Waals surface area contributed by atoms with Gasteiger partial charge in [0.15, 0.2) is 0 Å². The molecule has 4 nitrogen and oxygen atoms in total. The first kappa shape index (κ1) is 14.4. The van der Waals surface area contributed by atoms with Gasteiger partial charge in [-0.05, 0) is 30.3 Å². The Hall–Kier alpha value is -2.04. The van der Waals surface area contributed by atoms with Crippen LogP contribution in [0.3, 0.4) is 0 Å². The molecule has 6 heteroatoms. The molecule has 0 aliphatic carbocycles. The lowest BCUT2D eigenvalue weighted by Gasteiger charge is -2.08. The Kier molecular flexibility index (Phi) is 4.61. The van der Waals surface area contributed by atoms with E-state index in [1.54, 1.807) is 36.4 Å². The summed E-state index contributed by atoms with van der Waals surface area (Å²) in [4.78, 5) is 23.6. The molecule has 0 atom stereocenters. The van der Waals surface area contributed by atoms with Gasteiger partial charge in [0.25, 0.3) is 11.8 Å². The molecule has 20 heavy (non-hydrogen) atoms. The van der Waals surface area contributed by atoms with E-state index in [4.69, 9.17) is 23.2 Å². The van der Waals surface area contributed by atoms with Gasteiger partial charge in [0.05, 0.1) is 10.6 Å².